The Kier molecular flexibility index (Phi) is 17.2. The second-order valence-corrected chi connectivity index (χ2v) is 13.7. The van der Waals surface area contributed by atoms with Gasteiger partial charge in [-0.05, 0) is 12.8 Å². The number of anilines is 3. The molecule has 8 atom stereocenters. The zero-order valence-corrected chi connectivity index (χ0v) is 31.6. The van der Waals surface area contributed by atoms with Gasteiger partial charge in [0.2, 0.25) is 11.0 Å². The highest BCUT2D eigenvalue weighted by Crippen LogP contribution is 2.34. The number of aliphatic hydroxyl groups excluding tert-OH is 2. The third-order valence-electron chi connectivity index (χ3n) is 7.51. The number of nitrogens with one attached hydrogen (secondary N) is 2. The average molecular weight is 780 g/mol. The first kappa shape index (κ1) is 41.9. The smallest absolute Gasteiger partial charge is 0.348 e. The minimum atomic E-state index is -0.845. The number of aliphatic hydroxyl groups is 2. The highest BCUT2D eigenvalue weighted by Gasteiger charge is 2.38. The molecule has 2 aromatic rings. The van der Waals surface area contributed by atoms with Crippen molar-refractivity contribution in [2.24, 2.45) is 0 Å². The molecule has 0 amide bonds. The summed E-state index contributed by atoms with van der Waals surface area (Å²) in [4.78, 5) is 27.6. The lowest BCUT2D eigenvalue weighted by Crippen LogP contribution is -2.51. The van der Waals surface area contributed by atoms with E-state index in [9.17, 15) is 20.3 Å². The number of nitrogens with zero attached hydrogens (tertiary/aromatic N) is 5. The van der Waals surface area contributed by atoms with Crippen molar-refractivity contribution in [3.8, 4) is 0 Å². The van der Waals surface area contributed by atoms with Crippen molar-refractivity contribution in [1.82, 2.24) is 19.9 Å². The van der Waals surface area contributed by atoms with Gasteiger partial charge in [-0.1, -0.05) is 84.9 Å². The summed E-state index contributed by atoms with van der Waals surface area (Å²) < 4.78 is 21.6. The van der Waals surface area contributed by atoms with Gasteiger partial charge in [-0.25, -0.2) is 15.0 Å². The maximum Gasteiger partial charge on any atom is 0.348 e. The summed E-state index contributed by atoms with van der Waals surface area (Å²) in [7, 11) is 6.03. The maximum absolute atomic E-state index is 11.4. The Morgan fingerprint density at radius 2 is 1.18 bits per heavy atom. The Bertz CT molecular complexity index is 1480. The van der Waals surface area contributed by atoms with Crippen LogP contribution in [0.3, 0.4) is 0 Å². The molecule has 0 bridgehead atoms. The quantitative estimate of drug-likeness (QED) is 0.0426. The zero-order chi connectivity index (χ0) is 37.0. The maximum atomic E-state index is 11.4. The van der Waals surface area contributed by atoms with E-state index in [0.29, 0.717) is 16.1 Å². The standard InChI is InChI=1S/C15H21ClN4O5S.C15H23ClN4O3S/c1-4-7-26-15-18-13(16)10(20(22)23)14(19-15)17-8-5-6-9(21)12(25-3)11(8)24-2;1-4-7-24-15-19-13(16)10(17)14(20-15)18-8-5-6-9(21)12(23-3)11(8)22-2/h5-6,8-9,11-12,21H,4,7H2,1-3H3,(H,17,18,19);5-6,8-9,11-12,21H,4,7,17H2,1-3H3,(H,18,19,20)/t2*8-,9+,11+,12-/m11/s1. The van der Waals surface area contributed by atoms with Gasteiger partial charge in [0.05, 0.1) is 17.0 Å². The zero-order valence-electron chi connectivity index (χ0n) is 28.5. The fourth-order valence-electron chi connectivity index (χ4n) is 5.11. The fourth-order valence-corrected chi connectivity index (χ4v) is 7.01. The van der Waals surface area contributed by atoms with Crippen LogP contribution >= 0.6 is 46.7 Å². The van der Waals surface area contributed by atoms with Crippen molar-refractivity contribution >= 4 is 69.7 Å². The first-order valence-electron chi connectivity index (χ1n) is 15.6. The first-order valence-corrected chi connectivity index (χ1v) is 18.3. The normalized spacial score (nSPS) is 25.9. The lowest BCUT2D eigenvalue weighted by molar-refractivity contribution is -0.384. The Morgan fingerprint density at radius 1 is 0.760 bits per heavy atom. The van der Waals surface area contributed by atoms with Gasteiger partial charge < -0.3 is 45.5 Å². The molecule has 0 spiro atoms. The van der Waals surface area contributed by atoms with Gasteiger partial charge in [-0.2, -0.15) is 4.98 Å². The van der Waals surface area contributed by atoms with Crippen LogP contribution in [0.2, 0.25) is 10.3 Å². The lowest BCUT2D eigenvalue weighted by Gasteiger charge is -2.36. The Morgan fingerprint density at radius 3 is 1.60 bits per heavy atom. The summed E-state index contributed by atoms with van der Waals surface area (Å²) in [6.07, 6.45) is 4.88. The van der Waals surface area contributed by atoms with Gasteiger partial charge >= 0.3 is 5.69 Å². The van der Waals surface area contributed by atoms with Crippen molar-refractivity contribution in [3.05, 3.63) is 44.7 Å². The molecule has 2 aliphatic rings. The molecule has 0 unspecified atom stereocenters. The number of hydrogen-bond acceptors (Lipinski definition) is 17. The highest BCUT2D eigenvalue weighted by atomic mass is 35.5. The van der Waals surface area contributed by atoms with E-state index in [1.54, 1.807) is 25.3 Å². The Balaban J connectivity index is 0.000000271. The first-order chi connectivity index (χ1) is 23.9. The molecule has 2 aliphatic carbocycles. The number of nitrogen functional groups attached to an aromatic ring is 1. The number of rotatable bonds is 15. The molecule has 50 heavy (non-hydrogen) atoms. The molecule has 6 N–H and O–H groups in total. The Labute approximate surface area is 309 Å². The van der Waals surface area contributed by atoms with E-state index in [1.165, 1.54) is 44.9 Å². The van der Waals surface area contributed by atoms with Crippen molar-refractivity contribution in [1.29, 1.82) is 0 Å². The predicted octanol–water partition coefficient (Wildman–Crippen LogP) is 4.24. The summed E-state index contributed by atoms with van der Waals surface area (Å²) in [6, 6.07) is -0.789. The molecule has 4 rings (SSSR count). The Hall–Kier alpha value is -2.52. The number of hydrogen-bond donors (Lipinski definition) is 5. The molecule has 0 saturated heterocycles. The molecule has 0 saturated carbocycles. The molecular weight excluding hydrogens is 735 g/mol. The number of aromatic nitrogens is 4. The van der Waals surface area contributed by atoms with E-state index in [4.69, 9.17) is 47.9 Å². The van der Waals surface area contributed by atoms with E-state index < -0.39 is 53.3 Å². The van der Waals surface area contributed by atoms with E-state index in [0.717, 1.165) is 24.3 Å². The number of methoxy groups -OCH3 is 4. The van der Waals surface area contributed by atoms with Crippen LogP contribution < -0.4 is 16.4 Å². The van der Waals surface area contributed by atoms with Crippen LogP contribution in [0.5, 0.6) is 0 Å². The van der Waals surface area contributed by atoms with Crippen LogP contribution in [0.1, 0.15) is 26.7 Å². The SMILES string of the molecule is CCCSc1nc(Cl)c(N)c(N[C@@H]2C=C[C@H](O)[C@@H](OC)[C@H]2OC)n1.CCCSc1nc(Cl)c([N+](=O)[O-])c(N[C@@H]2C=C[C@H](O)[C@@H](OC)[C@H]2OC)n1. The molecule has 0 aliphatic heterocycles. The van der Waals surface area contributed by atoms with Crippen LogP contribution in [0.4, 0.5) is 23.0 Å². The van der Waals surface area contributed by atoms with Crippen LogP contribution in [-0.4, -0.2) is 124 Å². The number of thioether (sulfide) groups is 2. The molecule has 20 heteroatoms. The predicted molar refractivity (Wildman–Crippen MR) is 195 cm³/mol. The van der Waals surface area contributed by atoms with Crippen molar-refractivity contribution in [2.75, 3.05) is 56.3 Å². The molecule has 0 radical (unpaired) electrons. The van der Waals surface area contributed by atoms with Gasteiger partial charge in [0, 0.05) is 39.9 Å². The molecule has 2 aromatic heterocycles. The summed E-state index contributed by atoms with van der Waals surface area (Å²) in [5.74, 6) is 2.09. The van der Waals surface area contributed by atoms with Gasteiger partial charge in [-0.3, -0.25) is 10.1 Å². The van der Waals surface area contributed by atoms with Crippen LogP contribution in [0.25, 0.3) is 0 Å². The third kappa shape index (κ3) is 10.8. The molecule has 16 nitrogen and oxygen atoms in total. The number of halogens is 2. The second-order valence-electron chi connectivity index (χ2n) is 10.9. The minimum absolute atomic E-state index is 0.00320. The summed E-state index contributed by atoms with van der Waals surface area (Å²) in [6.45, 7) is 4.09. The number of ether oxygens (including phenoxy) is 4. The average Bonchev–Trinajstić information content (AvgIpc) is 3.09. The van der Waals surface area contributed by atoms with Crippen LogP contribution in [0.15, 0.2) is 34.6 Å². The van der Waals surface area contributed by atoms with Crippen LogP contribution in [-0.2, 0) is 18.9 Å². The van der Waals surface area contributed by atoms with Crippen molar-refractivity contribution in [3.63, 3.8) is 0 Å². The van der Waals surface area contributed by atoms with Gasteiger partial charge in [0.1, 0.15) is 42.3 Å². The van der Waals surface area contributed by atoms with E-state index in [2.05, 4.69) is 37.5 Å². The van der Waals surface area contributed by atoms with Gasteiger partial charge in [0.25, 0.3) is 0 Å². The van der Waals surface area contributed by atoms with Crippen LogP contribution in [0, 0.1) is 10.1 Å². The molecule has 0 aromatic carbocycles. The van der Waals surface area contributed by atoms with Gasteiger partial charge in [0.15, 0.2) is 21.3 Å². The van der Waals surface area contributed by atoms with Crippen molar-refractivity contribution < 1.29 is 34.1 Å². The van der Waals surface area contributed by atoms with Gasteiger partial charge in [-0.15, -0.1) is 0 Å². The van der Waals surface area contributed by atoms with E-state index in [-0.39, 0.29) is 27.9 Å². The van der Waals surface area contributed by atoms with E-state index in [1.807, 2.05) is 13.0 Å². The monoisotopic (exact) mass is 778 g/mol. The lowest BCUT2D eigenvalue weighted by atomic mass is 9.93. The second kappa shape index (κ2) is 20.5. The molecular formula is C30H44Cl2N8O8S2. The highest BCUT2D eigenvalue weighted by molar-refractivity contribution is 7.99. The third-order valence-corrected chi connectivity index (χ3v) is 10.2. The molecule has 278 valence electrons. The van der Waals surface area contributed by atoms with Crippen molar-refractivity contribution in [2.45, 2.75) is 85.7 Å². The topological polar surface area (TPSA) is 222 Å². The summed E-state index contributed by atoms with van der Waals surface area (Å²) in [5.41, 5.74) is 5.88. The fraction of sp³-hybridized carbons (Fsp3) is 0.600. The summed E-state index contributed by atoms with van der Waals surface area (Å²) in [5, 5.41) is 38.5. The minimum Gasteiger partial charge on any atom is -0.393 e. The van der Waals surface area contributed by atoms with E-state index >= 15 is 0 Å². The molecule has 0 fully saturated rings. The number of nitro groups is 1. The summed E-state index contributed by atoms with van der Waals surface area (Å²) >= 11 is 15.0. The molecule has 2 heterocycles. The largest absolute Gasteiger partial charge is 0.393 e. The number of nitrogens with two attached hydrogens (primary N) is 1.